The van der Waals surface area contributed by atoms with Gasteiger partial charge in [-0.25, -0.2) is 4.79 Å². The first-order chi connectivity index (χ1) is 7.15. The maximum absolute atomic E-state index is 10.7. The Hall–Kier alpha value is -1.83. The smallest absolute Gasteiger partial charge is 0.330 e. The molecule has 1 unspecified atom stereocenters. The Morgan fingerprint density at radius 2 is 2.00 bits per heavy atom. The minimum absolute atomic E-state index is 0.0395. The van der Waals surface area contributed by atoms with E-state index < -0.39 is 5.97 Å². The summed E-state index contributed by atoms with van der Waals surface area (Å²) in [6.07, 6.45) is 3.44. The van der Waals surface area contributed by atoms with Gasteiger partial charge in [0.1, 0.15) is 0 Å². The van der Waals surface area contributed by atoms with Crippen molar-refractivity contribution >= 4 is 5.97 Å². The minimum Gasteiger partial charge on any atom is -0.478 e. The summed E-state index contributed by atoms with van der Waals surface area (Å²) >= 11 is 0. The monoisotopic (exact) mass is 202 g/mol. The van der Waals surface area contributed by atoms with Crippen LogP contribution in [0.25, 0.3) is 0 Å². The van der Waals surface area contributed by atoms with Crippen LogP contribution >= 0.6 is 0 Å². The average molecular weight is 202 g/mol. The van der Waals surface area contributed by atoms with E-state index in [1.807, 2.05) is 30.3 Å². The number of rotatable bonds is 4. The van der Waals surface area contributed by atoms with Gasteiger partial charge in [0, 0.05) is 11.5 Å². The molecule has 1 aromatic carbocycles. The van der Waals surface area contributed by atoms with Crippen LogP contribution in [0.5, 0.6) is 0 Å². The maximum atomic E-state index is 10.7. The van der Waals surface area contributed by atoms with Crippen LogP contribution in [0.4, 0.5) is 0 Å². The van der Waals surface area contributed by atoms with Gasteiger partial charge in [0.25, 0.3) is 0 Å². The molecular weight excluding hydrogens is 188 g/mol. The van der Waals surface area contributed by atoms with Crippen LogP contribution in [-0.2, 0) is 4.79 Å². The third-order valence-corrected chi connectivity index (χ3v) is 2.21. The summed E-state index contributed by atoms with van der Waals surface area (Å²) in [7, 11) is 0. The highest BCUT2D eigenvalue weighted by atomic mass is 16.4. The second kappa shape index (κ2) is 5.15. The van der Waals surface area contributed by atoms with E-state index >= 15 is 0 Å². The summed E-state index contributed by atoms with van der Waals surface area (Å²) in [5, 5.41) is 8.77. The molecule has 0 aliphatic carbocycles. The predicted molar refractivity (Wildman–Crippen MR) is 60.8 cm³/mol. The number of carboxylic acids is 1. The molecule has 2 nitrogen and oxygen atoms in total. The molecule has 1 atom stereocenters. The summed E-state index contributed by atoms with van der Waals surface area (Å²) in [6.45, 7) is 5.30. The first-order valence-electron chi connectivity index (χ1n) is 4.74. The van der Waals surface area contributed by atoms with Gasteiger partial charge in [0.15, 0.2) is 0 Å². The molecule has 2 heteroatoms. The molecule has 15 heavy (non-hydrogen) atoms. The zero-order chi connectivity index (χ0) is 11.3. The van der Waals surface area contributed by atoms with Gasteiger partial charge in [-0.05, 0) is 12.5 Å². The van der Waals surface area contributed by atoms with Crippen molar-refractivity contribution < 1.29 is 9.90 Å². The molecule has 0 fully saturated rings. The van der Waals surface area contributed by atoms with Crippen LogP contribution in [0.15, 0.2) is 54.6 Å². The van der Waals surface area contributed by atoms with Crippen molar-refractivity contribution in [2.45, 2.75) is 12.8 Å². The van der Waals surface area contributed by atoms with Crippen molar-refractivity contribution in [3.8, 4) is 0 Å². The van der Waals surface area contributed by atoms with Crippen molar-refractivity contribution in [2.24, 2.45) is 0 Å². The van der Waals surface area contributed by atoms with Gasteiger partial charge in [-0.1, -0.05) is 42.5 Å². The number of benzene rings is 1. The van der Waals surface area contributed by atoms with Crippen LogP contribution < -0.4 is 0 Å². The fraction of sp³-hybridized carbons (Fsp3) is 0.154. The molecule has 0 aliphatic rings. The molecule has 0 spiro atoms. The highest BCUT2D eigenvalue weighted by molar-refractivity contribution is 5.86. The number of hydrogen-bond acceptors (Lipinski definition) is 1. The van der Waals surface area contributed by atoms with Crippen LogP contribution in [0.3, 0.4) is 0 Å². The SMILES string of the molecule is C=CC(C=C(C)C(=O)O)c1ccccc1. The molecule has 78 valence electrons. The van der Waals surface area contributed by atoms with Gasteiger partial charge < -0.3 is 5.11 Å². The molecule has 0 amide bonds. The van der Waals surface area contributed by atoms with Gasteiger partial charge in [0.05, 0.1) is 0 Å². The van der Waals surface area contributed by atoms with E-state index in [1.165, 1.54) is 0 Å². The lowest BCUT2D eigenvalue weighted by atomic mass is 9.97. The van der Waals surface area contributed by atoms with Crippen molar-refractivity contribution in [3.05, 3.63) is 60.2 Å². The Labute approximate surface area is 89.6 Å². The Bertz CT molecular complexity index is 377. The number of hydrogen-bond donors (Lipinski definition) is 1. The molecule has 0 saturated heterocycles. The van der Waals surface area contributed by atoms with Crippen LogP contribution in [-0.4, -0.2) is 11.1 Å². The van der Waals surface area contributed by atoms with E-state index in [0.717, 1.165) is 5.56 Å². The first-order valence-corrected chi connectivity index (χ1v) is 4.74. The highest BCUT2D eigenvalue weighted by Crippen LogP contribution is 2.19. The fourth-order valence-corrected chi connectivity index (χ4v) is 1.32. The number of carboxylic acid groups (broad SMARTS) is 1. The first kappa shape index (κ1) is 11.2. The number of allylic oxidation sites excluding steroid dienone is 2. The van der Waals surface area contributed by atoms with Gasteiger partial charge >= 0.3 is 5.97 Å². The van der Waals surface area contributed by atoms with Crippen molar-refractivity contribution in [3.63, 3.8) is 0 Å². The Kier molecular flexibility index (Phi) is 3.86. The zero-order valence-electron chi connectivity index (χ0n) is 8.68. The molecule has 0 aliphatic heterocycles. The van der Waals surface area contributed by atoms with Crippen LogP contribution in [0.2, 0.25) is 0 Å². The highest BCUT2D eigenvalue weighted by Gasteiger charge is 2.07. The molecule has 1 aromatic rings. The van der Waals surface area contributed by atoms with Crippen LogP contribution in [0, 0.1) is 0 Å². The number of aliphatic carboxylic acids is 1. The summed E-state index contributed by atoms with van der Waals surface area (Å²) in [5.41, 5.74) is 1.39. The molecule has 1 N–H and O–H groups in total. The maximum Gasteiger partial charge on any atom is 0.330 e. The van der Waals surface area contributed by atoms with Gasteiger partial charge in [-0.3, -0.25) is 0 Å². The lowest BCUT2D eigenvalue weighted by Gasteiger charge is -2.08. The third kappa shape index (κ3) is 3.09. The Morgan fingerprint density at radius 1 is 1.40 bits per heavy atom. The Balaban J connectivity index is 2.96. The van der Waals surface area contributed by atoms with Gasteiger partial charge in [-0.2, -0.15) is 0 Å². The largest absolute Gasteiger partial charge is 0.478 e. The van der Waals surface area contributed by atoms with Gasteiger partial charge in [0.2, 0.25) is 0 Å². The fourth-order valence-electron chi connectivity index (χ4n) is 1.32. The Morgan fingerprint density at radius 3 is 2.47 bits per heavy atom. The van der Waals surface area contributed by atoms with E-state index in [9.17, 15) is 4.79 Å². The van der Waals surface area contributed by atoms with E-state index in [0.29, 0.717) is 5.57 Å². The number of carbonyl (C=O) groups is 1. The van der Waals surface area contributed by atoms with Gasteiger partial charge in [-0.15, -0.1) is 6.58 Å². The van der Waals surface area contributed by atoms with Crippen LogP contribution in [0.1, 0.15) is 18.4 Å². The minimum atomic E-state index is -0.891. The third-order valence-electron chi connectivity index (χ3n) is 2.21. The topological polar surface area (TPSA) is 37.3 Å². The molecule has 0 aromatic heterocycles. The molecular formula is C13H14O2. The summed E-state index contributed by atoms with van der Waals surface area (Å²) in [5.74, 6) is -0.930. The molecule has 0 saturated carbocycles. The quantitative estimate of drug-likeness (QED) is 0.602. The molecule has 0 radical (unpaired) electrons. The second-order valence-corrected chi connectivity index (χ2v) is 3.33. The second-order valence-electron chi connectivity index (χ2n) is 3.33. The average Bonchev–Trinajstić information content (AvgIpc) is 2.26. The van der Waals surface area contributed by atoms with E-state index in [2.05, 4.69) is 6.58 Å². The standard InChI is InChI=1S/C13H14O2/c1-3-11(9-10(2)13(14)15)12-7-5-4-6-8-12/h3-9,11H,1H2,2H3,(H,14,15). The molecule has 0 heterocycles. The summed E-state index contributed by atoms with van der Waals surface area (Å²) in [6, 6.07) is 9.69. The summed E-state index contributed by atoms with van der Waals surface area (Å²) in [4.78, 5) is 10.7. The molecule has 0 bridgehead atoms. The lowest BCUT2D eigenvalue weighted by molar-refractivity contribution is -0.132. The van der Waals surface area contributed by atoms with Crippen molar-refractivity contribution in [2.75, 3.05) is 0 Å². The van der Waals surface area contributed by atoms with E-state index in [4.69, 9.17) is 5.11 Å². The normalized spacial score (nSPS) is 13.3. The zero-order valence-corrected chi connectivity index (χ0v) is 8.68. The lowest BCUT2D eigenvalue weighted by Crippen LogP contribution is -1.99. The molecule has 1 rings (SSSR count). The predicted octanol–water partition coefficient (Wildman–Crippen LogP) is 2.99. The van der Waals surface area contributed by atoms with Crippen molar-refractivity contribution in [1.29, 1.82) is 0 Å². The van der Waals surface area contributed by atoms with Crippen molar-refractivity contribution in [1.82, 2.24) is 0 Å². The summed E-state index contributed by atoms with van der Waals surface area (Å²) < 4.78 is 0. The van der Waals surface area contributed by atoms with E-state index in [-0.39, 0.29) is 5.92 Å². The van der Waals surface area contributed by atoms with E-state index in [1.54, 1.807) is 19.1 Å².